The number of anilines is 2. The molecular weight excluding hydrogens is 268 g/mol. The number of carbonyl (C=O) groups is 1. The summed E-state index contributed by atoms with van der Waals surface area (Å²) in [4.78, 5) is 11.8. The fourth-order valence-corrected chi connectivity index (χ4v) is 1.83. The maximum Gasteiger partial charge on any atom is 0.323 e. The van der Waals surface area contributed by atoms with Crippen LogP contribution in [-0.4, -0.2) is 16.2 Å². The normalized spacial score (nSPS) is 11.8. The number of hydrogen-bond acceptors (Lipinski definition) is 3. The van der Waals surface area contributed by atoms with Gasteiger partial charge in [-0.25, -0.2) is 4.79 Å². The van der Waals surface area contributed by atoms with Crippen LogP contribution in [0.5, 0.6) is 0 Å². The van der Waals surface area contributed by atoms with E-state index < -0.39 is 6.10 Å². The Morgan fingerprint density at radius 2 is 1.48 bits per heavy atom. The van der Waals surface area contributed by atoms with Crippen molar-refractivity contribution < 1.29 is 15.0 Å². The van der Waals surface area contributed by atoms with Crippen LogP contribution in [-0.2, 0) is 6.61 Å². The van der Waals surface area contributed by atoms with Gasteiger partial charge in [0.15, 0.2) is 0 Å². The van der Waals surface area contributed by atoms with E-state index in [-0.39, 0.29) is 12.6 Å². The standard InChI is InChI=1S/C16H18N2O3/c1-11(20)13-4-8-15(9-5-13)18-16(21)17-14-6-2-12(10-19)3-7-14/h2-9,11,19-20H,10H2,1H3,(H2,17,18,21). The van der Waals surface area contributed by atoms with Gasteiger partial charge >= 0.3 is 6.03 Å². The second-order valence-electron chi connectivity index (χ2n) is 4.73. The van der Waals surface area contributed by atoms with Gasteiger partial charge in [-0.05, 0) is 42.3 Å². The molecule has 0 aromatic heterocycles. The Kier molecular flexibility index (Phi) is 4.92. The number of carbonyl (C=O) groups excluding carboxylic acids is 1. The van der Waals surface area contributed by atoms with Crippen molar-refractivity contribution in [2.75, 3.05) is 10.6 Å². The van der Waals surface area contributed by atoms with E-state index in [1.165, 1.54) is 0 Å². The quantitative estimate of drug-likeness (QED) is 0.697. The van der Waals surface area contributed by atoms with Gasteiger partial charge in [0.05, 0.1) is 12.7 Å². The lowest BCUT2D eigenvalue weighted by atomic mass is 10.1. The number of hydrogen-bond donors (Lipinski definition) is 4. The number of amides is 2. The van der Waals surface area contributed by atoms with Crippen molar-refractivity contribution in [2.24, 2.45) is 0 Å². The molecule has 2 aromatic carbocycles. The van der Waals surface area contributed by atoms with Gasteiger partial charge in [0.25, 0.3) is 0 Å². The molecule has 2 amide bonds. The third-order valence-corrected chi connectivity index (χ3v) is 3.05. The summed E-state index contributed by atoms with van der Waals surface area (Å²) in [6, 6.07) is 13.6. The number of nitrogens with one attached hydrogen (secondary N) is 2. The van der Waals surface area contributed by atoms with E-state index in [9.17, 15) is 9.90 Å². The van der Waals surface area contributed by atoms with Crippen molar-refractivity contribution in [3.05, 3.63) is 59.7 Å². The molecule has 0 radical (unpaired) electrons. The molecule has 5 nitrogen and oxygen atoms in total. The van der Waals surface area contributed by atoms with Crippen LogP contribution in [0.4, 0.5) is 16.2 Å². The molecule has 110 valence electrons. The number of urea groups is 1. The number of aliphatic hydroxyl groups excluding tert-OH is 2. The first-order valence-corrected chi connectivity index (χ1v) is 6.64. The molecule has 2 aromatic rings. The summed E-state index contributed by atoms with van der Waals surface area (Å²) in [7, 11) is 0. The Bertz CT molecular complexity index is 592. The Balaban J connectivity index is 1.94. The number of benzene rings is 2. The lowest BCUT2D eigenvalue weighted by Gasteiger charge is -2.09. The topological polar surface area (TPSA) is 81.6 Å². The Hall–Kier alpha value is -2.37. The molecule has 0 saturated heterocycles. The van der Waals surface area contributed by atoms with Crippen LogP contribution in [0.2, 0.25) is 0 Å². The van der Waals surface area contributed by atoms with Crippen LogP contribution in [0.3, 0.4) is 0 Å². The zero-order valence-electron chi connectivity index (χ0n) is 11.7. The monoisotopic (exact) mass is 286 g/mol. The van der Waals surface area contributed by atoms with Crippen LogP contribution in [0.15, 0.2) is 48.5 Å². The Labute approximate surface area is 123 Å². The summed E-state index contributed by atoms with van der Waals surface area (Å²) in [6.07, 6.45) is -0.530. The van der Waals surface area contributed by atoms with Gasteiger partial charge in [-0.3, -0.25) is 0 Å². The van der Waals surface area contributed by atoms with E-state index in [4.69, 9.17) is 5.11 Å². The summed E-state index contributed by atoms with van der Waals surface area (Å²) in [5.74, 6) is 0. The highest BCUT2D eigenvalue weighted by Gasteiger charge is 2.04. The van der Waals surface area contributed by atoms with Crippen LogP contribution < -0.4 is 10.6 Å². The molecule has 1 atom stereocenters. The number of rotatable bonds is 4. The maximum absolute atomic E-state index is 11.8. The molecule has 0 aliphatic heterocycles. The fourth-order valence-electron chi connectivity index (χ4n) is 1.83. The molecule has 5 heteroatoms. The molecule has 21 heavy (non-hydrogen) atoms. The molecule has 0 heterocycles. The van der Waals surface area contributed by atoms with Gasteiger partial charge in [-0.2, -0.15) is 0 Å². The minimum absolute atomic E-state index is 0.0257. The second kappa shape index (κ2) is 6.88. The first kappa shape index (κ1) is 15.0. The molecule has 0 spiro atoms. The highest BCUT2D eigenvalue weighted by Crippen LogP contribution is 2.16. The average molecular weight is 286 g/mol. The first-order chi connectivity index (χ1) is 10.1. The number of aliphatic hydroxyl groups is 2. The highest BCUT2D eigenvalue weighted by atomic mass is 16.3. The van der Waals surface area contributed by atoms with E-state index in [1.807, 2.05) is 0 Å². The van der Waals surface area contributed by atoms with Crippen LogP contribution in [0.1, 0.15) is 24.2 Å². The summed E-state index contributed by atoms with van der Waals surface area (Å²) in [5, 5.41) is 23.8. The zero-order valence-corrected chi connectivity index (χ0v) is 11.7. The molecule has 2 rings (SSSR count). The van der Waals surface area contributed by atoms with Gasteiger partial charge in [0.2, 0.25) is 0 Å². The van der Waals surface area contributed by atoms with E-state index >= 15 is 0 Å². The van der Waals surface area contributed by atoms with Crippen molar-refractivity contribution in [1.29, 1.82) is 0 Å². The van der Waals surface area contributed by atoms with Gasteiger partial charge in [0, 0.05) is 11.4 Å². The minimum Gasteiger partial charge on any atom is -0.392 e. The molecule has 1 unspecified atom stereocenters. The lowest BCUT2D eigenvalue weighted by molar-refractivity contribution is 0.199. The van der Waals surface area contributed by atoms with Gasteiger partial charge < -0.3 is 20.8 Å². The molecule has 0 aliphatic carbocycles. The van der Waals surface area contributed by atoms with Crippen LogP contribution >= 0.6 is 0 Å². The molecule has 0 saturated carbocycles. The summed E-state index contributed by atoms with van der Waals surface area (Å²) < 4.78 is 0. The smallest absolute Gasteiger partial charge is 0.323 e. The third kappa shape index (κ3) is 4.30. The minimum atomic E-state index is -0.530. The Morgan fingerprint density at radius 3 is 1.90 bits per heavy atom. The van der Waals surface area contributed by atoms with Crippen molar-refractivity contribution >= 4 is 17.4 Å². The fraction of sp³-hybridized carbons (Fsp3) is 0.188. The van der Waals surface area contributed by atoms with Gasteiger partial charge in [0.1, 0.15) is 0 Å². The molecule has 4 N–H and O–H groups in total. The van der Waals surface area contributed by atoms with Crippen molar-refractivity contribution in [1.82, 2.24) is 0 Å². The highest BCUT2D eigenvalue weighted by molar-refractivity contribution is 5.99. The average Bonchev–Trinajstić information content (AvgIpc) is 2.48. The van der Waals surface area contributed by atoms with Gasteiger partial charge in [-0.15, -0.1) is 0 Å². The SMILES string of the molecule is CC(O)c1ccc(NC(=O)Nc2ccc(CO)cc2)cc1. The van der Waals surface area contributed by atoms with E-state index in [0.29, 0.717) is 11.4 Å². The first-order valence-electron chi connectivity index (χ1n) is 6.64. The lowest BCUT2D eigenvalue weighted by Crippen LogP contribution is -2.19. The molecular formula is C16H18N2O3. The predicted octanol–water partition coefficient (Wildman–Crippen LogP) is 2.88. The van der Waals surface area contributed by atoms with Crippen molar-refractivity contribution in [3.63, 3.8) is 0 Å². The summed E-state index contributed by atoms with van der Waals surface area (Å²) in [5.41, 5.74) is 2.87. The van der Waals surface area contributed by atoms with Crippen LogP contribution in [0.25, 0.3) is 0 Å². The zero-order chi connectivity index (χ0) is 15.2. The third-order valence-electron chi connectivity index (χ3n) is 3.05. The largest absolute Gasteiger partial charge is 0.392 e. The summed E-state index contributed by atoms with van der Waals surface area (Å²) in [6.45, 7) is 1.66. The van der Waals surface area contributed by atoms with E-state index in [0.717, 1.165) is 11.1 Å². The van der Waals surface area contributed by atoms with Crippen molar-refractivity contribution in [3.8, 4) is 0 Å². The van der Waals surface area contributed by atoms with Crippen molar-refractivity contribution in [2.45, 2.75) is 19.6 Å². The van der Waals surface area contributed by atoms with Crippen LogP contribution in [0, 0.1) is 0 Å². The molecule has 0 fully saturated rings. The second-order valence-corrected chi connectivity index (χ2v) is 4.73. The maximum atomic E-state index is 11.8. The van der Waals surface area contributed by atoms with Gasteiger partial charge in [-0.1, -0.05) is 24.3 Å². The summed E-state index contributed by atoms with van der Waals surface area (Å²) >= 11 is 0. The molecule has 0 aliphatic rings. The molecule has 0 bridgehead atoms. The van der Waals surface area contributed by atoms with E-state index in [1.54, 1.807) is 55.5 Å². The predicted molar refractivity (Wildman–Crippen MR) is 82.1 cm³/mol. The van der Waals surface area contributed by atoms with E-state index in [2.05, 4.69) is 10.6 Å². The Morgan fingerprint density at radius 1 is 1.00 bits per heavy atom.